The number of likely N-dealkylation sites (tertiary alicyclic amines) is 1. The lowest BCUT2D eigenvalue weighted by atomic mass is 10.1. The molecule has 3 aromatic rings. The minimum atomic E-state index is -0.927. The van der Waals surface area contributed by atoms with Gasteiger partial charge in [0.1, 0.15) is 11.5 Å². The Bertz CT molecular complexity index is 922. The summed E-state index contributed by atoms with van der Waals surface area (Å²) in [5.74, 6) is -0.303. The van der Waals surface area contributed by atoms with Gasteiger partial charge in [0.2, 0.25) is 0 Å². The molecule has 1 atom stereocenters. The molecule has 24 heavy (non-hydrogen) atoms. The van der Waals surface area contributed by atoms with Gasteiger partial charge in [-0.1, -0.05) is 18.2 Å². The van der Waals surface area contributed by atoms with Crippen LogP contribution in [0.1, 0.15) is 24.6 Å². The van der Waals surface area contributed by atoms with Gasteiger partial charge in [-0.3, -0.25) is 4.90 Å². The summed E-state index contributed by atoms with van der Waals surface area (Å²) >= 11 is 0. The van der Waals surface area contributed by atoms with Crippen LogP contribution in [0.2, 0.25) is 0 Å². The van der Waals surface area contributed by atoms with Crippen molar-refractivity contribution in [2.45, 2.75) is 18.9 Å². The van der Waals surface area contributed by atoms with E-state index in [4.69, 9.17) is 0 Å². The third-order valence-electron chi connectivity index (χ3n) is 4.51. The number of aromatic nitrogens is 2. The molecule has 1 unspecified atom stereocenters. The molecular weight excluding hydrogens is 309 g/mol. The number of carbonyl (C=O) groups is 1. The molecule has 1 aliphatic rings. The van der Waals surface area contributed by atoms with E-state index in [0.29, 0.717) is 29.0 Å². The first-order valence-corrected chi connectivity index (χ1v) is 7.87. The highest BCUT2D eigenvalue weighted by atomic mass is 19.1. The number of pyridine rings is 1. The van der Waals surface area contributed by atoms with Crippen molar-refractivity contribution in [3.8, 4) is 11.1 Å². The standard InChI is InChI=1S/C18H16FN3O2/c19-14-7-2-1-5-12(14)13-6-3-9-21-11-15(20-17(13)21)16-8-4-10-22(16)18(23)24/h1-3,5-7,9,11,16H,4,8,10H2,(H,23,24). The molecule has 3 heterocycles. The van der Waals surface area contributed by atoms with Crippen LogP contribution >= 0.6 is 0 Å². The molecule has 0 saturated carbocycles. The summed E-state index contributed by atoms with van der Waals surface area (Å²) in [7, 11) is 0. The van der Waals surface area contributed by atoms with Crippen molar-refractivity contribution in [1.29, 1.82) is 0 Å². The van der Waals surface area contributed by atoms with E-state index in [2.05, 4.69) is 4.98 Å². The van der Waals surface area contributed by atoms with Crippen molar-refractivity contribution >= 4 is 11.7 Å². The SMILES string of the molecule is O=C(O)N1CCCC1c1cn2cccc(-c3ccccc3F)c2n1. The molecule has 1 aliphatic heterocycles. The van der Waals surface area contributed by atoms with Gasteiger partial charge in [-0.05, 0) is 31.0 Å². The van der Waals surface area contributed by atoms with Crippen LogP contribution in [0.15, 0.2) is 48.8 Å². The largest absolute Gasteiger partial charge is 0.465 e. The first-order valence-electron chi connectivity index (χ1n) is 7.87. The Morgan fingerprint density at radius 3 is 2.79 bits per heavy atom. The van der Waals surface area contributed by atoms with Gasteiger partial charge >= 0.3 is 6.09 Å². The summed E-state index contributed by atoms with van der Waals surface area (Å²) in [5, 5.41) is 9.33. The molecule has 122 valence electrons. The predicted octanol–water partition coefficient (Wildman–Crippen LogP) is 3.96. The number of halogens is 1. The molecule has 1 amide bonds. The Morgan fingerprint density at radius 1 is 1.21 bits per heavy atom. The first-order chi connectivity index (χ1) is 11.6. The maximum atomic E-state index is 14.2. The number of fused-ring (bicyclic) bond motifs is 1. The van der Waals surface area contributed by atoms with Crippen LogP contribution in [0.5, 0.6) is 0 Å². The Morgan fingerprint density at radius 2 is 2.00 bits per heavy atom. The lowest BCUT2D eigenvalue weighted by Crippen LogP contribution is -2.28. The minimum Gasteiger partial charge on any atom is -0.465 e. The summed E-state index contributed by atoms with van der Waals surface area (Å²) in [6.45, 7) is 0.522. The van der Waals surface area contributed by atoms with E-state index >= 15 is 0 Å². The Kier molecular flexibility index (Phi) is 3.45. The van der Waals surface area contributed by atoms with Crippen LogP contribution < -0.4 is 0 Å². The zero-order valence-corrected chi connectivity index (χ0v) is 12.9. The monoisotopic (exact) mass is 325 g/mol. The van der Waals surface area contributed by atoms with Crippen molar-refractivity contribution in [2.75, 3.05) is 6.54 Å². The second kappa shape index (κ2) is 5.63. The fraction of sp³-hybridized carbons (Fsp3) is 0.222. The van der Waals surface area contributed by atoms with Crippen LogP contribution in [0.3, 0.4) is 0 Å². The zero-order valence-electron chi connectivity index (χ0n) is 12.9. The fourth-order valence-corrected chi connectivity index (χ4v) is 3.39. The highest BCUT2D eigenvalue weighted by molar-refractivity contribution is 5.78. The Balaban J connectivity index is 1.84. The van der Waals surface area contributed by atoms with Gasteiger partial charge < -0.3 is 9.51 Å². The van der Waals surface area contributed by atoms with Gasteiger partial charge in [0, 0.05) is 30.1 Å². The van der Waals surface area contributed by atoms with Gasteiger partial charge in [0.15, 0.2) is 0 Å². The van der Waals surface area contributed by atoms with E-state index in [-0.39, 0.29) is 11.9 Å². The Labute approximate surface area is 138 Å². The molecule has 1 aromatic carbocycles. The van der Waals surface area contributed by atoms with Gasteiger partial charge in [0.25, 0.3) is 0 Å². The van der Waals surface area contributed by atoms with Gasteiger partial charge in [-0.2, -0.15) is 0 Å². The topological polar surface area (TPSA) is 57.8 Å². The molecule has 0 radical (unpaired) electrons. The number of amides is 1. The van der Waals surface area contributed by atoms with Crippen LogP contribution in [0, 0.1) is 5.82 Å². The molecule has 1 N–H and O–H groups in total. The van der Waals surface area contributed by atoms with E-state index in [9.17, 15) is 14.3 Å². The molecule has 2 aromatic heterocycles. The first kappa shape index (κ1) is 14.7. The number of hydrogen-bond donors (Lipinski definition) is 1. The van der Waals surface area contributed by atoms with Gasteiger partial charge in [0.05, 0.1) is 11.7 Å². The van der Waals surface area contributed by atoms with E-state index in [1.165, 1.54) is 11.0 Å². The lowest BCUT2D eigenvalue weighted by Gasteiger charge is -2.19. The molecule has 1 fully saturated rings. The average Bonchev–Trinajstić information content (AvgIpc) is 3.21. The van der Waals surface area contributed by atoms with E-state index < -0.39 is 6.09 Å². The normalized spacial score (nSPS) is 17.5. The molecule has 0 bridgehead atoms. The number of rotatable bonds is 2. The molecular formula is C18H16FN3O2. The van der Waals surface area contributed by atoms with Crippen molar-refractivity contribution in [2.24, 2.45) is 0 Å². The summed E-state index contributed by atoms with van der Waals surface area (Å²) in [6.07, 6.45) is 4.34. The number of imidazole rings is 1. The van der Waals surface area contributed by atoms with Gasteiger partial charge in [-0.25, -0.2) is 14.2 Å². The third kappa shape index (κ3) is 2.31. The number of carboxylic acid groups (broad SMARTS) is 1. The number of benzene rings is 1. The number of nitrogens with zero attached hydrogens (tertiary/aromatic N) is 3. The summed E-state index contributed by atoms with van der Waals surface area (Å²) in [5.41, 5.74) is 2.53. The van der Waals surface area contributed by atoms with Crippen molar-refractivity contribution < 1.29 is 14.3 Å². The Hall–Kier alpha value is -2.89. The van der Waals surface area contributed by atoms with Crippen LogP contribution in [0.25, 0.3) is 16.8 Å². The van der Waals surface area contributed by atoms with Crippen molar-refractivity contribution in [3.05, 3.63) is 60.3 Å². The molecule has 4 rings (SSSR count). The second-order valence-electron chi connectivity index (χ2n) is 5.93. The van der Waals surface area contributed by atoms with Crippen LogP contribution in [-0.4, -0.2) is 32.0 Å². The molecule has 1 saturated heterocycles. The van der Waals surface area contributed by atoms with Crippen LogP contribution in [0.4, 0.5) is 9.18 Å². The smallest absolute Gasteiger partial charge is 0.407 e. The predicted molar refractivity (Wildman–Crippen MR) is 87.3 cm³/mol. The molecule has 0 aliphatic carbocycles. The van der Waals surface area contributed by atoms with Crippen molar-refractivity contribution in [3.63, 3.8) is 0 Å². The molecule has 6 heteroatoms. The second-order valence-corrected chi connectivity index (χ2v) is 5.93. The van der Waals surface area contributed by atoms with Crippen LogP contribution in [-0.2, 0) is 0 Å². The minimum absolute atomic E-state index is 0.240. The van der Waals surface area contributed by atoms with E-state index in [1.54, 1.807) is 18.2 Å². The summed E-state index contributed by atoms with van der Waals surface area (Å²) < 4.78 is 16.0. The summed E-state index contributed by atoms with van der Waals surface area (Å²) in [4.78, 5) is 17.4. The number of hydrogen-bond acceptors (Lipinski definition) is 2. The average molecular weight is 325 g/mol. The maximum Gasteiger partial charge on any atom is 0.407 e. The summed E-state index contributed by atoms with van der Waals surface area (Å²) in [6, 6.07) is 10.0. The maximum absolute atomic E-state index is 14.2. The zero-order chi connectivity index (χ0) is 16.7. The van der Waals surface area contributed by atoms with Gasteiger partial charge in [-0.15, -0.1) is 0 Å². The lowest BCUT2D eigenvalue weighted by molar-refractivity contribution is 0.139. The highest BCUT2D eigenvalue weighted by Crippen LogP contribution is 2.33. The van der Waals surface area contributed by atoms with E-state index in [1.807, 2.05) is 28.9 Å². The highest BCUT2D eigenvalue weighted by Gasteiger charge is 2.31. The quantitative estimate of drug-likeness (QED) is 0.776. The third-order valence-corrected chi connectivity index (χ3v) is 4.51. The molecule has 5 nitrogen and oxygen atoms in total. The molecule has 0 spiro atoms. The van der Waals surface area contributed by atoms with Crippen molar-refractivity contribution in [1.82, 2.24) is 14.3 Å². The fourth-order valence-electron chi connectivity index (χ4n) is 3.39. The van der Waals surface area contributed by atoms with E-state index in [0.717, 1.165) is 12.8 Å².